The van der Waals surface area contributed by atoms with Crippen LogP contribution in [-0.4, -0.2) is 19.9 Å². The van der Waals surface area contributed by atoms with Crippen molar-refractivity contribution in [3.8, 4) is 5.69 Å². The van der Waals surface area contributed by atoms with Crippen LogP contribution in [0.3, 0.4) is 0 Å². The van der Waals surface area contributed by atoms with Gasteiger partial charge in [-0.1, -0.05) is 0 Å². The lowest BCUT2D eigenvalue weighted by atomic mass is 10.2. The zero-order chi connectivity index (χ0) is 10.8. The monoisotopic (exact) mass is 203 g/mol. The Kier molecular flexibility index (Phi) is 2.51. The van der Waals surface area contributed by atoms with Crippen LogP contribution in [0.15, 0.2) is 30.7 Å². The molecular weight excluding hydrogens is 190 g/mol. The molecule has 0 saturated carbocycles. The molecule has 1 N–H and O–H groups in total. The lowest BCUT2D eigenvalue weighted by Gasteiger charge is -2.04. The standard InChI is InChI=1S/C11H13N3O/c1-8-5-13-14(7-8)10-3-4-11(9(2)15)12-6-10/h3-7,9,15H,1-2H3/t9-/m1/s1. The van der Waals surface area contributed by atoms with Crippen LogP contribution in [0.2, 0.25) is 0 Å². The summed E-state index contributed by atoms with van der Waals surface area (Å²) in [4.78, 5) is 4.15. The van der Waals surface area contributed by atoms with Gasteiger partial charge in [0.15, 0.2) is 0 Å². The molecule has 2 aromatic rings. The fraction of sp³-hybridized carbons (Fsp3) is 0.273. The lowest BCUT2D eigenvalue weighted by molar-refractivity contribution is 0.194. The van der Waals surface area contributed by atoms with Crippen molar-refractivity contribution in [2.45, 2.75) is 20.0 Å². The van der Waals surface area contributed by atoms with Crippen LogP contribution in [-0.2, 0) is 0 Å². The molecule has 0 bridgehead atoms. The van der Waals surface area contributed by atoms with Gasteiger partial charge < -0.3 is 5.11 Å². The van der Waals surface area contributed by atoms with Crippen LogP contribution in [0, 0.1) is 6.92 Å². The Hall–Kier alpha value is -1.68. The molecule has 0 unspecified atom stereocenters. The van der Waals surface area contributed by atoms with Gasteiger partial charge >= 0.3 is 0 Å². The molecule has 0 aliphatic carbocycles. The Morgan fingerprint density at radius 2 is 2.13 bits per heavy atom. The lowest BCUT2D eigenvalue weighted by Crippen LogP contribution is -1.99. The van der Waals surface area contributed by atoms with E-state index in [1.807, 2.05) is 19.2 Å². The minimum atomic E-state index is -0.529. The largest absolute Gasteiger partial charge is 0.387 e. The van der Waals surface area contributed by atoms with Gasteiger partial charge in [-0.15, -0.1) is 0 Å². The van der Waals surface area contributed by atoms with E-state index in [4.69, 9.17) is 0 Å². The quantitative estimate of drug-likeness (QED) is 0.807. The molecule has 15 heavy (non-hydrogen) atoms. The van der Waals surface area contributed by atoms with Gasteiger partial charge in [0.2, 0.25) is 0 Å². The van der Waals surface area contributed by atoms with Crippen LogP contribution in [0.5, 0.6) is 0 Å². The molecule has 0 spiro atoms. The molecule has 2 rings (SSSR count). The minimum absolute atomic E-state index is 0.529. The molecule has 0 fully saturated rings. The van der Waals surface area contributed by atoms with Crippen LogP contribution < -0.4 is 0 Å². The fourth-order valence-corrected chi connectivity index (χ4v) is 1.33. The highest BCUT2D eigenvalue weighted by Crippen LogP contribution is 2.11. The van der Waals surface area contributed by atoms with Crippen LogP contribution in [0.4, 0.5) is 0 Å². The Morgan fingerprint density at radius 1 is 1.33 bits per heavy atom. The molecule has 2 aromatic heterocycles. The predicted molar refractivity (Wildman–Crippen MR) is 56.7 cm³/mol. The van der Waals surface area contributed by atoms with Crippen molar-refractivity contribution < 1.29 is 5.11 Å². The normalized spacial score (nSPS) is 12.7. The molecular formula is C11H13N3O. The molecule has 0 radical (unpaired) electrons. The summed E-state index contributed by atoms with van der Waals surface area (Å²) in [6.07, 6.45) is 4.90. The van der Waals surface area contributed by atoms with Gasteiger partial charge in [-0.3, -0.25) is 4.98 Å². The molecule has 4 heteroatoms. The van der Waals surface area contributed by atoms with Gasteiger partial charge in [0, 0.05) is 6.20 Å². The second-order valence-electron chi connectivity index (χ2n) is 3.58. The maximum Gasteiger partial charge on any atom is 0.0931 e. The van der Waals surface area contributed by atoms with Crippen molar-refractivity contribution in [3.05, 3.63) is 42.0 Å². The molecule has 0 amide bonds. The second-order valence-corrected chi connectivity index (χ2v) is 3.58. The van der Waals surface area contributed by atoms with Crippen molar-refractivity contribution >= 4 is 0 Å². The smallest absolute Gasteiger partial charge is 0.0931 e. The van der Waals surface area contributed by atoms with E-state index in [1.54, 1.807) is 30.1 Å². The number of rotatable bonds is 2. The molecule has 0 aliphatic rings. The molecule has 0 aliphatic heterocycles. The summed E-state index contributed by atoms with van der Waals surface area (Å²) in [5, 5.41) is 13.5. The van der Waals surface area contributed by atoms with Gasteiger partial charge in [0.25, 0.3) is 0 Å². The van der Waals surface area contributed by atoms with E-state index in [2.05, 4.69) is 10.1 Å². The number of aromatic nitrogens is 3. The number of aliphatic hydroxyl groups excluding tert-OH is 1. The maximum absolute atomic E-state index is 9.30. The van der Waals surface area contributed by atoms with Crippen molar-refractivity contribution in [3.63, 3.8) is 0 Å². The molecule has 2 heterocycles. The topological polar surface area (TPSA) is 50.9 Å². The molecule has 0 saturated heterocycles. The Bertz CT molecular complexity index is 445. The third-order valence-electron chi connectivity index (χ3n) is 2.18. The fourth-order valence-electron chi connectivity index (χ4n) is 1.33. The van der Waals surface area contributed by atoms with E-state index in [0.29, 0.717) is 5.69 Å². The van der Waals surface area contributed by atoms with Crippen LogP contribution in [0.25, 0.3) is 5.69 Å². The predicted octanol–water partition coefficient (Wildman–Crippen LogP) is 1.63. The summed E-state index contributed by atoms with van der Waals surface area (Å²) in [6, 6.07) is 3.69. The zero-order valence-electron chi connectivity index (χ0n) is 8.75. The second kappa shape index (κ2) is 3.82. The number of aliphatic hydroxyl groups is 1. The first-order valence-corrected chi connectivity index (χ1v) is 4.82. The number of nitrogens with zero attached hydrogens (tertiary/aromatic N) is 3. The average molecular weight is 203 g/mol. The summed E-state index contributed by atoms with van der Waals surface area (Å²) in [6.45, 7) is 3.68. The molecule has 78 valence electrons. The van der Waals surface area contributed by atoms with Gasteiger partial charge in [-0.25, -0.2) is 4.68 Å². The van der Waals surface area contributed by atoms with Crippen molar-refractivity contribution in [1.82, 2.24) is 14.8 Å². The van der Waals surface area contributed by atoms with Crippen molar-refractivity contribution in [1.29, 1.82) is 0 Å². The van der Waals surface area contributed by atoms with E-state index >= 15 is 0 Å². The van der Waals surface area contributed by atoms with E-state index in [0.717, 1.165) is 11.3 Å². The molecule has 0 aromatic carbocycles. The average Bonchev–Trinajstić information content (AvgIpc) is 2.65. The van der Waals surface area contributed by atoms with Gasteiger partial charge in [-0.05, 0) is 31.5 Å². The first-order chi connectivity index (χ1) is 7.16. The van der Waals surface area contributed by atoms with Gasteiger partial charge in [-0.2, -0.15) is 5.10 Å². The SMILES string of the molecule is Cc1cnn(-c2ccc([C@@H](C)O)nc2)c1. The molecule has 1 atom stereocenters. The number of hydrogen-bond acceptors (Lipinski definition) is 3. The summed E-state index contributed by atoms with van der Waals surface area (Å²) in [5.74, 6) is 0. The van der Waals surface area contributed by atoms with Gasteiger partial charge in [0.05, 0.1) is 29.9 Å². The summed E-state index contributed by atoms with van der Waals surface area (Å²) < 4.78 is 1.76. The van der Waals surface area contributed by atoms with Crippen molar-refractivity contribution in [2.24, 2.45) is 0 Å². The zero-order valence-corrected chi connectivity index (χ0v) is 8.75. The minimum Gasteiger partial charge on any atom is -0.387 e. The van der Waals surface area contributed by atoms with E-state index in [-0.39, 0.29) is 0 Å². The van der Waals surface area contributed by atoms with Crippen LogP contribution >= 0.6 is 0 Å². The highest BCUT2D eigenvalue weighted by Gasteiger charge is 2.03. The van der Waals surface area contributed by atoms with Crippen molar-refractivity contribution in [2.75, 3.05) is 0 Å². The van der Waals surface area contributed by atoms with E-state index < -0.39 is 6.10 Å². The van der Waals surface area contributed by atoms with E-state index in [9.17, 15) is 5.11 Å². The Morgan fingerprint density at radius 3 is 2.60 bits per heavy atom. The third kappa shape index (κ3) is 2.05. The Labute approximate surface area is 88.2 Å². The number of hydrogen-bond donors (Lipinski definition) is 1. The molecule has 4 nitrogen and oxygen atoms in total. The first kappa shape index (κ1) is 9.86. The van der Waals surface area contributed by atoms with E-state index in [1.165, 1.54) is 0 Å². The summed E-state index contributed by atoms with van der Waals surface area (Å²) in [5.41, 5.74) is 2.67. The summed E-state index contributed by atoms with van der Waals surface area (Å²) in [7, 11) is 0. The van der Waals surface area contributed by atoms with Crippen LogP contribution in [0.1, 0.15) is 24.3 Å². The first-order valence-electron chi connectivity index (χ1n) is 4.82. The highest BCUT2D eigenvalue weighted by atomic mass is 16.3. The maximum atomic E-state index is 9.30. The Balaban J connectivity index is 2.31. The highest BCUT2D eigenvalue weighted by molar-refractivity contribution is 5.29. The number of aryl methyl sites for hydroxylation is 1. The third-order valence-corrected chi connectivity index (χ3v) is 2.18. The number of pyridine rings is 1. The van der Waals surface area contributed by atoms with Gasteiger partial charge in [0.1, 0.15) is 0 Å². The summed E-state index contributed by atoms with van der Waals surface area (Å²) >= 11 is 0.